The van der Waals surface area contributed by atoms with E-state index in [0.717, 1.165) is 12.1 Å². The van der Waals surface area contributed by atoms with Gasteiger partial charge in [-0.05, 0) is 12.1 Å². The van der Waals surface area contributed by atoms with Crippen LogP contribution in [0.1, 0.15) is 5.56 Å². The molecule has 0 aliphatic heterocycles. The van der Waals surface area contributed by atoms with Crippen LogP contribution in [0.4, 0.5) is 18.9 Å². The van der Waals surface area contributed by atoms with Crippen LogP contribution in [0.3, 0.4) is 0 Å². The minimum atomic E-state index is -5.20. The minimum absolute atomic E-state index is 0. The first-order valence-electron chi connectivity index (χ1n) is 3.73. The zero-order valence-electron chi connectivity index (χ0n) is 7.62. The third-order valence-corrected chi connectivity index (χ3v) is 2.28. The number of anilines is 1. The number of halogens is 5. The molecule has 0 amide bonds. The van der Waals surface area contributed by atoms with Gasteiger partial charge in [0, 0.05) is 15.7 Å². The molecule has 1 rings (SSSR count). The molecule has 0 radical (unpaired) electrons. The van der Waals surface area contributed by atoms with Crippen molar-refractivity contribution >= 4 is 34.0 Å². The van der Waals surface area contributed by atoms with Crippen LogP contribution < -0.4 is 5.73 Å². The predicted octanol–water partition coefficient (Wildman–Crippen LogP) is 2.15. The molecule has 8 heteroatoms. The predicted molar refractivity (Wildman–Crippen MR) is 58.0 cm³/mol. The van der Waals surface area contributed by atoms with Crippen LogP contribution in [0.2, 0.25) is 0 Å². The van der Waals surface area contributed by atoms with Gasteiger partial charge < -0.3 is 15.9 Å². The second kappa shape index (κ2) is 4.79. The first-order valence-corrected chi connectivity index (χ1v) is 4.52. The maximum atomic E-state index is 12.2. The summed E-state index contributed by atoms with van der Waals surface area (Å²) in [5.74, 6) is -3.93. The van der Waals surface area contributed by atoms with Crippen molar-refractivity contribution in [3.8, 4) is 0 Å². The summed E-state index contributed by atoms with van der Waals surface area (Å²) in [5, 5.41) is 17.9. The van der Waals surface area contributed by atoms with E-state index < -0.39 is 17.5 Å². The number of aliphatic hydroxyl groups is 2. The monoisotopic (exact) mass is 321 g/mol. The molecule has 0 bridgehead atoms. The van der Waals surface area contributed by atoms with Crippen LogP contribution in [0.25, 0.3) is 0 Å². The van der Waals surface area contributed by atoms with E-state index in [1.54, 1.807) is 0 Å². The molecule has 1 aromatic rings. The summed E-state index contributed by atoms with van der Waals surface area (Å²) >= 11 is 2.99. The lowest BCUT2D eigenvalue weighted by atomic mass is 10.0. The highest BCUT2D eigenvalue weighted by Crippen LogP contribution is 2.39. The topological polar surface area (TPSA) is 66.5 Å². The molecule has 0 unspecified atom stereocenters. The molecule has 0 aliphatic carbocycles. The third kappa shape index (κ3) is 2.79. The van der Waals surface area contributed by atoms with E-state index in [9.17, 15) is 13.2 Å². The number of alkyl halides is 3. The molecule has 92 valence electrons. The number of rotatable bonds is 1. The van der Waals surface area contributed by atoms with E-state index in [1.165, 1.54) is 6.07 Å². The maximum absolute atomic E-state index is 12.2. The SMILES string of the molecule is Cl.Nc1cc(Br)ccc1C(O)(O)C(F)(F)F. The minimum Gasteiger partial charge on any atom is -0.398 e. The Bertz CT molecular complexity index is 384. The van der Waals surface area contributed by atoms with E-state index >= 15 is 0 Å². The molecule has 16 heavy (non-hydrogen) atoms. The quantitative estimate of drug-likeness (QED) is 0.548. The molecule has 0 spiro atoms. The van der Waals surface area contributed by atoms with Gasteiger partial charge in [0.2, 0.25) is 0 Å². The maximum Gasteiger partial charge on any atom is 0.447 e. The first-order chi connectivity index (χ1) is 6.66. The van der Waals surface area contributed by atoms with Crippen molar-refractivity contribution in [1.29, 1.82) is 0 Å². The lowest BCUT2D eigenvalue weighted by molar-refractivity contribution is -0.358. The van der Waals surface area contributed by atoms with Crippen molar-refractivity contribution in [2.45, 2.75) is 12.0 Å². The summed E-state index contributed by atoms with van der Waals surface area (Å²) in [4.78, 5) is 0. The zero-order valence-corrected chi connectivity index (χ0v) is 10.0. The van der Waals surface area contributed by atoms with Crippen molar-refractivity contribution in [2.24, 2.45) is 0 Å². The average Bonchev–Trinajstić information content (AvgIpc) is 2.00. The first kappa shape index (κ1) is 15.5. The normalized spacial score (nSPS) is 12.1. The van der Waals surface area contributed by atoms with Crippen LogP contribution in [-0.2, 0) is 5.79 Å². The smallest absolute Gasteiger partial charge is 0.398 e. The van der Waals surface area contributed by atoms with Gasteiger partial charge in [-0.15, -0.1) is 12.4 Å². The summed E-state index contributed by atoms with van der Waals surface area (Å²) in [6.45, 7) is 0. The van der Waals surface area contributed by atoms with Gasteiger partial charge in [0.05, 0.1) is 0 Å². The van der Waals surface area contributed by atoms with E-state index in [0.29, 0.717) is 4.47 Å². The highest BCUT2D eigenvalue weighted by Gasteiger charge is 2.55. The van der Waals surface area contributed by atoms with E-state index in [2.05, 4.69) is 15.9 Å². The van der Waals surface area contributed by atoms with Crippen LogP contribution in [0.5, 0.6) is 0 Å². The fraction of sp³-hybridized carbons (Fsp3) is 0.250. The Morgan fingerprint density at radius 3 is 2.06 bits per heavy atom. The molecule has 0 atom stereocenters. The van der Waals surface area contributed by atoms with Crippen molar-refractivity contribution < 1.29 is 23.4 Å². The van der Waals surface area contributed by atoms with Gasteiger partial charge in [0.25, 0.3) is 5.79 Å². The summed E-state index contributed by atoms with van der Waals surface area (Å²) < 4.78 is 37.1. The summed E-state index contributed by atoms with van der Waals surface area (Å²) in [5.41, 5.74) is 4.11. The number of hydrogen-bond acceptors (Lipinski definition) is 3. The van der Waals surface area contributed by atoms with Crippen molar-refractivity contribution in [1.82, 2.24) is 0 Å². The molecule has 0 saturated carbocycles. The number of benzene rings is 1. The molecule has 3 nitrogen and oxygen atoms in total. The number of nitrogen functional groups attached to an aromatic ring is 1. The lowest BCUT2D eigenvalue weighted by Gasteiger charge is -2.25. The molecule has 0 aromatic heterocycles. The highest BCUT2D eigenvalue weighted by atomic mass is 79.9. The number of hydrogen-bond donors (Lipinski definition) is 3. The Morgan fingerprint density at radius 1 is 1.19 bits per heavy atom. The van der Waals surface area contributed by atoms with Gasteiger partial charge in [-0.3, -0.25) is 0 Å². The van der Waals surface area contributed by atoms with E-state index in [-0.39, 0.29) is 18.1 Å². The standard InChI is InChI=1S/C8H7BrF3NO2.ClH/c9-4-1-2-5(6(13)3-4)7(14,15)8(10,11)12;/h1-3,14-15H,13H2;1H. The van der Waals surface area contributed by atoms with Crippen LogP contribution in [0.15, 0.2) is 22.7 Å². The molecular weight excluding hydrogens is 314 g/mol. The fourth-order valence-corrected chi connectivity index (χ4v) is 1.38. The highest BCUT2D eigenvalue weighted by molar-refractivity contribution is 9.10. The van der Waals surface area contributed by atoms with Crippen molar-refractivity contribution in [3.05, 3.63) is 28.2 Å². The molecule has 0 fully saturated rings. The summed E-state index contributed by atoms with van der Waals surface area (Å²) in [6.07, 6.45) is -5.20. The van der Waals surface area contributed by atoms with Crippen molar-refractivity contribution in [2.75, 3.05) is 5.73 Å². The Balaban J connectivity index is 0.00000225. The van der Waals surface area contributed by atoms with Gasteiger partial charge in [-0.25, -0.2) is 0 Å². The van der Waals surface area contributed by atoms with E-state index in [4.69, 9.17) is 15.9 Å². The van der Waals surface area contributed by atoms with Gasteiger partial charge in [0.1, 0.15) is 0 Å². The van der Waals surface area contributed by atoms with Gasteiger partial charge >= 0.3 is 6.18 Å². The molecule has 0 aliphatic rings. The summed E-state index contributed by atoms with van der Waals surface area (Å²) in [6, 6.07) is 3.29. The third-order valence-electron chi connectivity index (χ3n) is 1.78. The Hall–Kier alpha value is -0.500. The molecular formula is C8H8BrClF3NO2. The molecule has 4 N–H and O–H groups in total. The van der Waals surface area contributed by atoms with Crippen LogP contribution in [-0.4, -0.2) is 16.4 Å². The lowest BCUT2D eigenvalue weighted by Crippen LogP contribution is -2.42. The second-order valence-corrected chi connectivity index (χ2v) is 3.82. The van der Waals surface area contributed by atoms with Gasteiger partial charge in [-0.2, -0.15) is 13.2 Å². The zero-order chi connectivity index (χ0) is 11.9. The summed E-state index contributed by atoms with van der Waals surface area (Å²) in [7, 11) is 0. The fourth-order valence-electron chi connectivity index (χ4n) is 1.00. The Labute approximate surface area is 104 Å². The largest absolute Gasteiger partial charge is 0.447 e. The van der Waals surface area contributed by atoms with Crippen molar-refractivity contribution in [3.63, 3.8) is 0 Å². The molecule has 1 aromatic carbocycles. The Kier molecular flexibility index (Phi) is 4.64. The van der Waals surface area contributed by atoms with Crippen LogP contribution in [0, 0.1) is 0 Å². The average molecular weight is 323 g/mol. The molecule has 0 heterocycles. The van der Waals surface area contributed by atoms with Gasteiger partial charge in [0.15, 0.2) is 0 Å². The second-order valence-electron chi connectivity index (χ2n) is 2.90. The Morgan fingerprint density at radius 2 is 1.69 bits per heavy atom. The van der Waals surface area contributed by atoms with Gasteiger partial charge in [-0.1, -0.05) is 22.0 Å². The van der Waals surface area contributed by atoms with E-state index in [1.807, 2.05) is 0 Å². The molecule has 0 saturated heterocycles. The number of nitrogens with two attached hydrogens (primary N) is 1. The van der Waals surface area contributed by atoms with Crippen LogP contribution >= 0.6 is 28.3 Å².